The third kappa shape index (κ3) is 5.77. The molecule has 70 valence electrons. The second-order valence-electron chi connectivity index (χ2n) is 2.48. The first kappa shape index (κ1) is 11.0. The summed E-state index contributed by atoms with van der Waals surface area (Å²) < 4.78 is 9.65. The van der Waals surface area contributed by atoms with Crippen LogP contribution in [0.3, 0.4) is 0 Å². The van der Waals surface area contributed by atoms with Crippen LogP contribution in [-0.2, 0) is 14.3 Å². The first-order valence-electron chi connectivity index (χ1n) is 4.09. The molecule has 0 aliphatic heterocycles. The molecule has 0 saturated heterocycles. The summed E-state index contributed by atoms with van der Waals surface area (Å²) in [5, 5.41) is 0. The van der Waals surface area contributed by atoms with E-state index in [0.29, 0.717) is 12.4 Å². The van der Waals surface area contributed by atoms with Crippen molar-refractivity contribution in [2.24, 2.45) is 0 Å². The molecule has 0 aliphatic rings. The molecule has 0 radical (unpaired) electrons. The fourth-order valence-electron chi connectivity index (χ4n) is 0.584. The summed E-state index contributed by atoms with van der Waals surface area (Å²) in [7, 11) is 1.52. The maximum Gasteiger partial charge on any atom is 0.334 e. The van der Waals surface area contributed by atoms with Gasteiger partial charge in [-0.25, -0.2) is 4.79 Å². The first-order valence-corrected chi connectivity index (χ1v) is 4.09. The van der Waals surface area contributed by atoms with Gasteiger partial charge in [-0.1, -0.05) is 13.3 Å². The molecule has 0 aliphatic carbocycles. The van der Waals surface area contributed by atoms with Crippen molar-refractivity contribution in [1.29, 1.82) is 0 Å². The van der Waals surface area contributed by atoms with Crippen LogP contribution in [0, 0.1) is 0 Å². The van der Waals surface area contributed by atoms with Crippen molar-refractivity contribution in [3.8, 4) is 0 Å². The van der Waals surface area contributed by atoms with Gasteiger partial charge in [-0.3, -0.25) is 0 Å². The molecule has 3 nitrogen and oxygen atoms in total. The van der Waals surface area contributed by atoms with Crippen molar-refractivity contribution in [3.05, 3.63) is 11.8 Å². The van der Waals surface area contributed by atoms with Gasteiger partial charge in [0.1, 0.15) is 0 Å². The number of methoxy groups -OCH3 is 1. The smallest absolute Gasteiger partial charge is 0.334 e. The fourth-order valence-corrected chi connectivity index (χ4v) is 0.584. The molecule has 3 heteroatoms. The molecule has 0 atom stereocenters. The summed E-state index contributed by atoms with van der Waals surface area (Å²) in [6, 6.07) is 0. The van der Waals surface area contributed by atoms with Gasteiger partial charge in [-0.05, 0) is 13.3 Å². The lowest BCUT2D eigenvalue weighted by Gasteiger charge is -2.00. The van der Waals surface area contributed by atoms with Crippen LogP contribution >= 0.6 is 0 Å². The molecule has 0 unspecified atom stereocenters. The van der Waals surface area contributed by atoms with Crippen LogP contribution in [0.15, 0.2) is 11.8 Å². The molecular formula is C9H16O3. The molecule has 0 aromatic rings. The molecule has 0 amide bonds. The molecule has 0 heterocycles. The number of carbonyl (C=O) groups excluding carboxylic acids is 1. The van der Waals surface area contributed by atoms with E-state index in [2.05, 4.69) is 0 Å². The van der Waals surface area contributed by atoms with Gasteiger partial charge in [-0.15, -0.1) is 0 Å². The Balaban J connectivity index is 3.59. The van der Waals surface area contributed by atoms with E-state index in [-0.39, 0.29) is 5.97 Å². The van der Waals surface area contributed by atoms with E-state index in [1.165, 1.54) is 13.2 Å². The monoisotopic (exact) mass is 172 g/mol. The highest BCUT2D eigenvalue weighted by Crippen LogP contribution is 1.95. The van der Waals surface area contributed by atoms with Crippen LogP contribution in [0.1, 0.15) is 26.7 Å². The number of carbonyl (C=O) groups is 1. The van der Waals surface area contributed by atoms with Crippen molar-refractivity contribution in [2.75, 3.05) is 13.7 Å². The van der Waals surface area contributed by atoms with Crippen molar-refractivity contribution in [3.63, 3.8) is 0 Å². The summed E-state index contributed by atoms with van der Waals surface area (Å²) in [4.78, 5) is 10.9. The van der Waals surface area contributed by atoms with E-state index < -0.39 is 0 Å². The predicted molar refractivity (Wildman–Crippen MR) is 46.6 cm³/mol. The minimum absolute atomic E-state index is 0.331. The highest BCUT2D eigenvalue weighted by atomic mass is 16.5. The minimum Gasteiger partial charge on any atom is -0.501 e. The lowest BCUT2D eigenvalue weighted by atomic mass is 10.4. The van der Waals surface area contributed by atoms with Crippen molar-refractivity contribution < 1.29 is 14.3 Å². The van der Waals surface area contributed by atoms with Gasteiger partial charge >= 0.3 is 5.97 Å². The Labute approximate surface area is 73.4 Å². The second kappa shape index (κ2) is 6.70. The SMILES string of the molecule is CCCCOC(=O)C=C(C)OC. The molecular weight excluding hydrogens is 156 g/mol. The van der Waals surface area contributed by atoms with Crippen molar-refractivity contribution in [2.45, 2.75) is 26.7 Å². The van der Waals surface area contributed by atoms with Crippen molar-refractivity contribution >= 4 is 5.97 Å². The van der Waals surface area contributed by atoms with Gasteiger partial charge in [0.25, 0.3) is 0 Å². The molecule has 0 rings (SSSR count). The molecule has 0 saturated carbocycles. The Morgan fingerprint density at radius 1 is 1.50 bits per heavy atom. The van der Waals surface area contributed by atoms with Crippen LogP contribution in [0.2, 0.25) is 0 Å². The lowest BCUT2D eigenvalue weighted by Crippen LogP contribution is -2.03. The Bertz CT molecular complexity index is 161. The summed E-state index contributed by atoms with van der Waals surface area (Å²) >= 11 is 0. The van der Waals surface area contributed by atoms with E-state index in [1.807, 2.05) is 6.92 Å². The predicted octanol–water partition coefficient (Wildman–Crippen LogP) is 1.88. The zero-order chi connectivity index (χ0) is 9.40. The third-order valence-electron chi connectivity index (χ3n) is 1.39. The Morgan fingerprint density at radius 2 is 2.17 bits per heavy atom. The van der Waals surface area contributed by atoms with Crippen LogP contribution in [0.4, 0.5) is 0 Å². The van der Waals surface area contributed by atoms with Gasteiger partial charge in [0, 0.05) is 0 Å². The Hall–Kier alpha value is -0.990. The van der Waals surface area contributed by atoms with E-state index in [1.54, 1.807) is 6.92 Å². The van der Waals surface area contributed by atoms with Gasteiger partial charge in [-0.2, -0.15) is 0 Å². The van der Waals surface area contributed by atoms with E-state index in [0.717, 1.165) is 12.8 Å². The molecule has 12 heavy (non-hydrogen) atoms. The number of ether oxygens (including phenoxy) is 2. The Kier molecular flexibility index (Phi) is 6.15. The normalized spacial score (nSPS) is 11.1. The van der Waals surface area contributed by atoms with Crippen LogP contribution in [0.5, 0.6) is 0 Å². The zero-order valence-corrected chi connectivity index (χ0v) is 7.92. The summed E-state index contributed by atoms with van der Waals surface area (Å²) in [5.74, 6) is 0.235. The summed E-state index contributed by atoms with van der Waals surface area (Å²) in [5.41, 5.74) is 0. The molecule has 0 aromatic heterocycles. The zero-order valence-electron chi connectivity index (χ0n) is 7.92. The van der Waals surface area contributed by atoms with Crippen LogP contribution in [-0.4, -0.2) is 19.7 Å². The maximum absolute atomic E-state index is 10.9. The fraction of sp³-hybridized carbons (Fsp3) is 0.667. The molecule has 0 spiro atoms. The number of hydrogen-bond donors (Lipinski definition) is 0. The van der Waals surface area contributed by atoms with Gasteiger partial charge in [0.05, 0.1) is 25.6 Å². The van der Waals surface area contributed by atoms with E-state index >= 15 is 0 Å². The minimum atomic E-state index is -0.331. The number of unbranched alkanes of at least 4 members (excludes halogenated alkanes) is 1. The number of rotatable bonds is 5. The number of allylic oxidation sites excluding steroid dienone is 1. The lowest BCUT2D eigenvalue weighted by molar-refractivity contribution is -0.138. The van der Waals surface area contributed by atoms with Gasteiger partial charge in [0.15, 0.2) is 0 Å². The standard InChI is InChI=1S/C9H16O3/c1-4-5-6-12-9(10)7-8(2)11-3/h7H,4-6H2,1-3H3. The highest BCUT2D eigenvalue weighted by Gasteiger charge is 1.97. The third-order valence-corrected chi connectivity index (χ3v) is 1.39. The largest absolute Gasteiger partial charge is 0.501 e. The summed E-state index contributed by atoms with van der Waals surface area (Å²) in [6.45, 7) is 4.24. The first-order chi connectivity index (χ1) is 5.70. The van der Waals surface area contributed by atoms with Crippen LogP contribution < -0.4 is 0 Å². The Morgan fingerprint density at radius 3 is 2.67 bits per heavy atom. The topological polar surface area (TPSA) is 35.5 Å². The van der Waals surface area contributed by atoms with Crippen molar-refractivity contribution in [1.82, 2.24) is 0 Å². The molecule has 0 N–H and O–H groups in total. The molecule has 0 bridgehead atoms. The summed E-state index contributed by atoms with van der Waals surface area (Å²) in [6.07, 6.45) is 3.28. The average molecular weight is 172 g/mol. The van der Waals surface area contributed by atoms with Gasteiger partial charge in [0.2, 0.25) is 0 Å². The molecule has 0 fully saturated rings. The molecule has 0 aromatic carbocycles. The van der Waals surface area contributed by atoms with E-state index in [4.69, 9.17) is 9.47 Å². The quantitative estimate of drug-likeness (QED) is 0.275. The number of esters is 1. The van der Waals surface area contributed by atoms with Crippen LogP contribution in [0.25, 0.3) is 0 Å². The average Bonchev–Trinajstić information content (AvgIpc) is 2.05. The van der Waals surface area contributed by atoms with E-state index in [9.17, 15) is 4.79 Å². The number of hydrogen-bond acceptors (Lipinski definition) is 3. The second-order valence-corrected chi connectivity index (χ2v) is 2.48. The van der Waals surface area contributed by atoms with Gasteiger partial charge < -0.3 is 9.47 Å². The highest BCUT2D eigenvalue weighted by molar-refractivity contribution is 5.82. The maximum atomic E-state index is 10.9.